The fourth-order valence-corrected chi connectivity index (χ4v) is 3.17. The molecule has 9 heteroatoms. The van der Waals surface area contributed by atoms with Gasteiger partial charge in [0.05, 0.1) is 17.7 Å². The molecule has 0 bridgehead atoms. The van der Waals surface area contributed by atoms with Crippen LogP contribution < -0.4 is 10.8 Å². The maximum absolute atomic E-state index is 14.4. The van der Waals surface area contributed by atoms with Gasteiger partial charge in [0, 0.05) is 12.4 Å². The van der Waals surface area contributed by atoms with Crippen molar-refractivity contribution in [2.75, 3.05) is 18.5 Å². The Bertz CT molecular complexity index is 1080. The van der Waals surface area contributed by atoms with Gasteiger partial charge in [0.15, 0.2) is 5.79 Å². The number of hydrogen-bond donors (Lipinski definition) is 2. The van der Waals surface area contributed by atoms with E-state index in [-0.39, 0.29) is 24.2 Å². The van der Waals surface area contributed by atoms with E-state index in [0.717, 1.165) is 5.56 Å². The molecule has 2 aromatic heterocycles. The molecular formula is C21H22FN3O5. The molecule has 0 aliphatic carbocycles. The summed E-state index contributed by atoms with van der Waals surface area (Å²) in [6.45, 7) is 5.86. The van der Waals surface area contributed by atoms with E-state index in [1.807, 2.05) is 0 Å². The number of aryl methyl sites for hydroxylation is 1. The number of carbonyl (C=O) groups is 1. The average molecular weight is 415 g/mol. The summed E-state index contributed by atoms with van der Waals surface area (Å²) in [6.07, 6.45) is 2.77. The van der Waals surface area contributed by atoms with E-state index in [4.69, 9.17) is 18.7 Å². The van der Waals surface area contributed by atoms with Gasteiger partial charge < -0.3 is 19.2 Å². The largest absolute Gasteiger partial charge is 0.448 e. The van der Waals surface area contributed by atoms with E-state index in [9.17, 15) is 9.18 Å². The van der Waals surface area contributed by atoms with E-state index >= 15 is 0 Å². The predicted molar refractivity (Wildman–Crippen MR) is 107 cm³/mol. The summed E-state index contributed by atoms with van der Waals surface area (Å²) in [6, 6.07) is 6.38. The molecule has 1 amide bonds. The second-order valence-electron chi connectivity index (χ2n) is 7.48. The number of hydroxylamine groups is 1. The number of nitrogens with one attached hydrogen (secondary N) is 2. The number of aromatic nitrogens is 1. The molecule has 1 fully saturated rings. The van der Waals surface area contributed by atoms with Gasteiger partial charge in [0.1, 0.15) is 29.8 Å². The van der Waals surface area contributed by atoms with Crippen molar-refractivity contribution >= 4 is 28.3 Å². The Morgan fingerprint density at radius 1 is 1.37 bits per heavy atom. The van der Waals surface area contributed by atoms with E-state index in [2.05, 4.69) is 15.8 Å². The molecule has 1 atom stereocenters. The zero-order valence-corrected chi connectivity index (χ0v) is 16.8. The Morgan fingerprint density at radius 2 is 2.20 bits per heavy atom. The highest BCUT2D eigenvalue weighted by atomic mass is 19.1. The maximum Gasteiger partial charge on any atom is 0.312 e. The summed E-state index contributed by atoms with van der Waals surface area (Å²) in [5, 5.41) is 3.48. The monoisotopic (exact) mass is 415 g/mol. The molecule has 1 aliphatic heterocycles. The highest BCUT2D eigenvalue weighted by Gasteiger charge is 2.33. The van der Waals surface area contributed by atoms with Gasteiger partial charge in [0.2, 0.25) is 5.76 Å². The standard InChI is InChI=1S/C21H22FN3O5/c1-12-4-5-16(15(22)8-12)24-18-14-9-23-7-6-17(14)29-19(18)20(26)25-28-11-13-10-27-21(2,3)30-13/h4-9,13,24H,10-11H2,1-3H3,(H,25,26)/t13-/m1/s1. The molecule has 0 radical (unpaired) electrons. The number of carbonyl (C=O) groups excluding carboxylic acids is 1. The summed E-state index contributed by atoms with van der Waals surface area (Å²) in [4.78, 5) is 22.1. The lowest BCUT2D eigenvalue weighted by Crippen LogP contribution is -2.30. The number of nitrogens with zero attached hydrogens (tertiary/aromatic N) is 1. The Balaban J connectivity index is 1.53. The maximum atomic E-state index is 14.4. The normalized spacial score (nSPS) is 17.9. The number of anilines is 2. The second-order valence-corrected chi connectivity index (χ2v) is 7.48. The highest BCUT2D eigenvalue weighted by molar-refractivity contribution is 6.06. The fraction of sp³-hybridized carbons (Fsp3) is 0.333. The third-order valence-corrected chi connectivity index (χ3v) is 4.58. The van der Waals surface area contributed by atoms with E-state index < -0.39 is 17.5 Å². The van der Waals surface area contributed by atoms with E-state index in [0.29, 0.717) is 23.3 Å². The Hall–Kier alpha value is -3.01. The number of ether oxygens (including phenoxy) is 2. The van der Waals surface area contributed by atoms with Crippen LogP contribution in [0.15, 0.2) is 41.1 Å². The van der Waals surface area contributed by atoms with Crippen LogP contribution >= 0.6 is 0 Å². The first-order valence-corrected chi connectivity index (χ1v) is 9.46. The van der Waals surface area contributed by atoms with Gasteiger partial charge in [-0.2, -0.15) is 0 Å². The Kier molecular flexibility index (Phi) is 5.42. The number of benzene rings is 1. The lowest BCUT2D eigenvalue weighted by atomic mass is 10.2. The van der Waals surface area contributed by atoms with Gasteiger partial charge in [-0.05, 0) is 44.5 Å². The fourth-order valence-electron chi connectivity index (χ4n) is 3.17. The first kappa shape index (κ1) is 20.3. The lowest BCUT2D eigenvalue weighted by Gasteiger charge is -2.16. The summed E-state index contributed by atoms with van der Waals surface area (Å²) in [5.74, 6) is -1.81. The van der Waals surface area contributed by atoms with Gasteiger partial charge >= 0.3 is 5.91 Å². The van der Waals surface area contributed by atoms with Gasteiger partial charge in [-0.1, -0.05) is 6.07 Å². The molecule has 8 nitrogen and oxygen atoms in total. The van der Waals surface area contributed by atoms with Crippen molar-refractivity contribution in [1.29, 1.82) is 0 Å². The van der Waals surface area contributed by atoms with Gasteiger partial charge in [-0.25, -0.2) is 9.87 Å². The lowest BCUT2D eigenvalue weighted by molar-refractivity contribution is -0.147. The molecule has 0 saturated carbocycles. The topological polar surface area (TPSA) is 94.9 Å². The predicted octanol–water partition coefficient (Wildman–Crippen LogP) is 3.83. The van der Waals surface area contributed by atoms with Crippen molar-refractivity contribution in [3.63, 3.8) is 0 Å². The molecule has 30 heavy (non-hydrogen) atoms. The number of rotatable bonds is 6. The minimum Gasteiger partial charge on any atom is -0.448 e. The number of fused-ring (bicyclic) bond motifs is 1. The minimum absolute atomic E-state index is 0.0538. The van der Waals surface area contributed by atoms with Crippen LogP contribution in [-0.2, 0) is 14.3 Å². The van der Waals surface area contributed by atoms with Crippen molar-refractivity contribution in [1.82, 2.24) is 10.5 Å². The molecule has 4 rings (SSSR count). The summed E-state index contributed by atoms with van der Waals surface area (Å²) < 4.78 is 31.1. The number of hydrogen-bond acceptors (Lipinski definition) is 7. The van der Waals surface area contributed by atoms with Crippen LogP contribution in [0, 0.1) is 12.7 Å². The summed E-state index contributed by atoms with van der Waals surface area (Å²) in [7, 11) is 0. The first-order valence-electron chi connectivity index (χ1n) is 9.46. The molecule has 0 unspecified atom stereocenters. The molecule has 2 N–H and O–H groups in total. The Morgan fingerprint density at radius 3 is 2.93 bits per heavy atom. The summed E-state index contributed by atoms with van der Waals surface area (Å²) in [5.41, 5.74) is 4.06. The van der Waals surface area contributed by atoms with E-state index in [1.54, 1.807) is 45.2 Å². The van der Waals surface area contributed by atoms with Crippen LogP contribution in [0.1, 0.15) is 30.0 Å². The van der Waals surface area contributed by atoms with Crippen molar-refractivity contribution < 1.29 is 27.9 Å². The van der Waals surface area contributed by atoms with Crippen molar-refractivity contribution in [3.05, 3.63) is 53.8 Å². The number of pyridine rings is 1. The SMILES string of the molecule is Cc1ccc(Nc2c(C(=O)NOC[C@H]3COC(C)(C)O3)oc3ccncc23)c(F)c1. The van der Waals surface area contributed by atoms with Crippen LogP contribution in [0.4, 0.5) is 15.8 Å². The van der Waals surface area contributed by atoms with Crippen molar-refractivity contribution in [2.45, 2.75) is 32.7 Å². The van der Waals surface area contributed by atoms with Gasteiger partial charge in [-0.15, -0.1) is 0 Å². The molecule has 158 valence electrons. The van der Waals surface area contributed by atoms with Crippen LogP contribution in [-0.4, -0.2) is 36.0 Å². The van der Waals surface area contributed by atoms with Crippen molar-refractivity contribution in [3.8, 4) is 0 Å². The quantitative estimate of drug-likeness (QED) is 0.591. The molecular weight excluding hydrogens is 393 g/mol. The molecule has 3 heterocycles. The molecule has 1 aromatic carbocycles. The van der Waals surface area contributed by atoms with Crippen LogP contribution in [0.25, 0.3) is 11.0 Å². The van der Waals surface area contributed by atoms with Gasteiger partial charge in [-0.3, -0.25) is 14.6 Å². The number of furan rings is 1. The second kappa shape index (κ2) is 8.02. The average Bonchev–Trinajstić information content (AvgIpc) is 3.24. The molecule has 0 spiro atoms. The Labute approximate surface area is 172 Å². The number of halogens is 1. The third kappa shape index (κ3) is 4.28. The van der Waals surface area contributed by atoms with Crippen LogP contribution in [0.2, 0.25) is 0 Å². The van der Waals surface area contributed by atoms with Crippen molar-refractivity contribution in [2.24, 2.45) is 0 Å². The third-order valence-electron chi connectivity index (χ3n) is 4.58. The molecule has 3 aromatic rings. The van der Waals surface area contributed by atoms with Crippen LogP contribution in [0.5, 0.6) is 0 Å². The molecule has 1 aliphatic rings. The smallest absolute Gasteiger partial charge is 0.312 e. The highest BCUT2D eigenvalue weighted by Crippen LogP contribution is 2.33. The zero-order chi connectivity index (χ0) is 21.3. The van der Waals surface area contributed by atoms with Gasteiger partial charge in [0.25, 0.3) is 0 Å². The van der Waals surface area contributed by atoms with Crippen LogP contribution in [0.3, 0.4) is 0 Å². The minimum atomic E-state index is -0.682. The summed E-state index contributed by atoms with van der Waals surface area (Å²) >= 11 is 0. The zero-order valence-electron chi connectivity index (χ0n) is 16.8. The number of amides is 1. The first-order chi connectivity index (χ1) is 14.3. The van der Waals surface area contributed by atoms with E-state index in [1.165, 1.54) is 12.3 Å². The molecule has 1 saturated heterocycles.